The van der Waals surface area contributed by atoms with E-state index in [0.717, 1.165) is 0 Å². The van der Waals surface area contributed by atoms with Crippen LogP contribution in [0.5, 0.6) is 0 Å². The molecule has 0 rings (SSSR count). The van der Waals surface area contributed by atoms with Crippen LogP contribution in [0.15, 0.2) is 13.2 Å². The molecule has 0 amide bonds. The van der Waals surface area contributed by atoms with Crippen molar-refractivity contribution in [2.75, 3.05) is 7.11 Å². The molecule has 0 bridgehead atoms. The molecule has 0 aromatic carbocycles. The summed E-state index contributed by atoms with van der Waals surface area (Å²) in [6.07, 6.45) is -2.33. The van der Waals surface area contributed by atoms with Crippen LogP contribution in [0.3, 0.4) is 0 Å². The van der Waals surface area contributed by atoms with Crippen molar-refractivity contribution < 1.29 is 24.5 Å². The predicted molar refractivity (Wildman–Crippen MR) is 29.7 cm³/mol. The highest BCUT2D eigenvalue weighted by atomic mass is 16.6. The zero-order valence-electron chi connectivity index (χ0n) is 5.53. The Morgan fingerprint density at radius 1 is 1.50 bits per heavy atom. The molecule has 0 spiro atoms. The topological polar surface area (TPSA) is 89.5 Å². The van der Waals surface area contributed by atoms with E-state index in [1.54, 1.807) is 0 Å². The molecular formula is C5H8O5-2. The van der Waals surface area contributed by atoms with Crippen molar-refractivity contribution in [1.82, 2.24) is 0 Å². The van der Waals surface area contributed by atoms with E-state index >= 15 is 0 Å². The minimum atomic E-state index is -2.33. The summed E-state index contributed by atoms with van der Waals surface area (Å²) in [4.78, 5) is 17.3. The van der Waals surface area contributed by atoms with Gasteiger partial charge in [0, 0.05) is 0 Å². The molecule has 0 aromatic rings. The van der Waals surface area contributed by atoms with Gasteiger partial charge in [-0.15, -0.1) is 13.2 Å². The molecule has 0 aliphatic rings. The number of methoxy groups -OCH3 is 1. The van der Waals surface area contributed by atoms with Crippen molar-refractivity contribution in [3.63, 3.8) is 0 Å². The zero-order chi connectivity index (χ0) is 8.99. The van der Waals surface area contributed by atoms with Crippen LogP contribution in [0.2, 0.25) is 0 Å². The number of hydrogen-bond donors (Lipinski definition) is 0. The first-order valence-corrected chi connectivity index (χ1v) is 1.99. The molecule has 0 saturated carbocycles. The predicted octanol–water partition coefficient (Wildman–Crippen LogP) is -1.86. The second kappa shape index (κ2) is 25.9. The zero-order valence-corrected chi connectivity index (χ0v) is 5.53. The Morgan fingerprint density at radius 3 is 1.60 bits per heavy atom. The molecule has 0 heterocycles. The van der Waals surface area contributed by atoms with Gasteiger partial charge in [0.25, 0.3) is 6.47 Å². The Morgan fingerprint density at radius 2 is 1.60 bits per heavy atom. The van der Waals surface area contributed by atoms with E-state index in [-0.39, 0.29) is 0 Å². The lowest BCUT2D eigenvalue weighted by Crippen LogP contribution is -2.37. The second-order valence-corrected chi connectivity index (χ2v) is 0.582. The van der Waals surface area contributed by atoms with Crippen molar-refractivity contribution in [1.29, 1.82) is 0 Å². The highest BCUT2D eigenvalue weighted by molar-refractivity contribution is 5.47. The number of hydrogen-bond acceptors (Lipinski definition) is 5. The molecule has 5 heteroatoms. The number of rotatable bonds is 1. The third kappa shape index (κ3) is 720. The molecule has 0 atom stereocenters. The average Bonchev–Trinajstić information content (AvgIpc) is 1.91. The van der Waals surface area contributed by atoms with Gasteiger partial charge in [-0.05, 0) is 6.16 Å². The summed E-state index contributed by atoms with van der Waals surface area (Å²) in [6.45, 7) is 6.38. The number of carboxylic acid groups (broad SMARTS) is 2. The van der Waals surface area contributed by atoms with Crippen LogP contribution >= 0.6 is 0 Å². The van der Waals surface area contributed by atoms with Crippen LogP contribution in [0.25, 0.3) is 0 Å². The van der Waals surface area contributed by atoms with Crippen LogP contribution in [0.1, 0.15) is 0 Å². The van der Waals surface area contributed by atoms with Crippen LogP contribution in [-0.4, -0.2) is 19.7 Å². The Labute approximate surface area is 58.5 Å². The second-order valence-electron chi connectivity index (χ2n) is 0.582. The molecule has 0 fully saturated rings. The van der Waals surface area contributed by atoms with Gasteiger partial charge >= 0.3 is 0 Å². The van der Waals surface area contributed by atoms with Crippen molar-refractivity contribution in [3.05, 3.63) is 13.2 Å². The SMILES string of the molecule is C=C.COC=O.O=C([O-])[O-]. The maximum atomic E-state index is 8.95. The van der Waals surface area contributed by atoms with E-state index in [0.29, 0.717) is 6.47 Å². The lowest BCUT2D eigenvalue weighted by molar-refractivity contribution is -0.415. The Bertz CT molecular complexity index is 76.1. The number of ether oxygens (including phenoxy) is 1. The summed E-state index contributed by atoms with van der Waals surface area (Å²) in [5.41, 5.74) is 0. The van der Waals surface area contributed by atoms with Gasteiger partial charge in [-0.1, -0.05) is 0 Å². The Balaban J connectivity index is -0.0000000787. The maximum Gasteiger partial charge on any atom is 0.292 e. The smallest absolute Gasteiger partial charge is 0.292 e. The fourth-order valence-corrected chi connectivity index (χ4v) is 0. The van der Waals surface area contributed by atoms with E-state index in [1.165, 1.54) is 7.11 Å². The fourth-order valence-electron chi connectivity index (χ4n) is 0. The highest BCUT2D eigenvalue weighted by Crippen LogP contribution is 1.35. The van der Waals surface area contributed by atoms with Gasteiger partial charge in [-0.2, -0.15) is 0 Å². The molecule has 0 unspecified atom stereocenters. The van der Waals surface area contributed by atoms with E-state index < -0.39 is 6.16 Å². The molecule has 0 radical (unpaired) electrons. The Hall–Kier alpha value is -1.52. The number of carbonyl (C=O) groups excluding carboxylic acids is 2. The summed E-state index contributed by atoms with van der Waals surface area (Å²) in [5, 5.41) is 16.7. The van der Waals surface area contributed by atoms with Gasteiger partial charge in [0.05, 0.1) is 7.11 Å². The highest BCUT2D eigenvalue weighted by Gasteiger charge is 1.44. The van der Waals surface area contributed by atoms with Crippen molar-refractivity contribution in [3.8, 4) is 0 Å². The van der Waals surface area contributed by atoms with Crippen LogP contribution in [0.4, 0.5) is 4.79 Å². The summed E-state index contributed by atoms with van der Waals surface area (Å²) >= 11 is 0. The van der Waals surface area contributed by atoms with Gasteiger partial charge < -0.3 is 19.7 Å². The van der Waals surface area contributed by atoms with Crippen LogP contribution in [-0.2, 0) is 9.53 Å². The van der Waals surface area contributed by atoms with E-state index in [2.05, 4.69) is 17.9 Å². The van der Waals surface area contributed by atoms with Gasteiger partial charge in [-0.25, -0.2) is 0 Å². The lowest BCUT2D eigenvalue weighted by Gasteiger charge is -1.96. The molecule has 0 aliphatic carbocycles. The van der Waals surface area contributed by atoms with Crippen molar-refractivity contribution in [2.45, 2.75) is 0 Å². The minimum Gasteiger partial charge on any atom is -0.652 e. The monoisotopic (exact) mass is 148 g/mol. The standard InChI is InChI=1S/C2H4O2.C2H4.CH2O3/c1-4-2-3;1-2;2-1(3)4/h2H,1H3;1-2H2;(H2,2,3,4)/p-2. The molecule has 10 heavy (non-hydrogen) atoms. The first-order valence-electron chi connectivity index (χ1n) is 1.99. The van der Waals surface area contributed by atoms with Crippen molar-refractivity contribution >= 4 is 12.6 Å². The van der Waals surface area contributed by atoms with E-state index in [4.69, 9.17) is 19.8 Å². The van der Waals surface area contributed by atoms with Gasteiger partial charge in [-0.3, -0.25) is 4.79 Å². The summed E-state index contributed by atoms with van der Waals surface area (Å²) in [7, 11) is 1.31. The number of carbonyl (C=O) groups is 2. The van der Waals surface area contributed by atoms with Gasteiger partial charge in [0.1, 0.15) is 0 Å². The maximum absolute atomic E-state index is 8.95. The lowest BCUT2D eigenvalue weighted by atomic mass is 11.3. The third-order valence-corrected chi connectivity index (χ3v) is 0.0962. The molecule has 60 valence electrons. The van der Waals surface area contributed by atoms with E-state index in [1.807, 2.05) is 0 Å². The molecule has 0 saturated heterocycles. The quantitative estimate of drug-likeness (QED) is 0.321. The van der Waals surface area contributed by atoms with Crippen LogP contribution < -0.4 is 10.2 Å². The summed E-state index contributed by atoms with van der Waals surface area (Å²) in [6, 6.07) is 0. The van der Waals surface area contributed by atoms with Gasteiger partial charge in [0.2, 0.25) is 0 Å². The molecule has 0 aromatic heterocycles. The van der Waals surface area contributed by atoms with Gasteiger partial charge in [0.15, 0.2) is 0 Å². The van der Waals surface area contributed by atoms with E-state index in [9.17, 15) is 0 Å². The normalized spacial score (nSPS) is 4.90. The fraction of sp³-hybridized carbons (Fsp3) is 0.200. The average molecular weight is 148 g/mol. The third-order valence-electron chi connectivity index (χ3n) is 0.0962. The molecule has 5 nitrogen and oxygen atoms in total. The first kappa shape index (κ1) is 15.8. The van der Waals surface area contributed by atoms with Crippen LogP contribution in [0, 0.1) is 0 Å². The summed E-state index contributed by atoms with van der Waals surface area (Å²) in [5.74, 6) is 0. The van der Waals surface area contributed by atoms with Crippen molar-refractivity contribution in [2.24, 2.45) is 0 Å². The summed E-state index contributed by atoms with van der Waals surface area (Å²) < 4.78 is 3.86. The molecular weight excluding hydrogens is 140 g/mol. The first-order chi connectivity index (χ1) is 4.65. The minimum absolute atomic E-state index is 0.375. The molecule has 0 N–H and O–H groups in total. The Kier molecular flexibility index (Phi) is 41.0. The molecule has 0 aliphatic heterocycles. The largest absolute Gasteiger partial charge is 0.652 e.